The summed E-state index contributed by atoms with van der Waals surface area (Å²) in [7, 11) is 0. The van der Waals surface area contributed by atoms with Crippen LogP contribution in [-0.4, -0.2) is 32.0 Å². The number of hydrogen-bond acceptors (Lipinski definition) is 4. The number of benzene rings is 1. The molecule has 2 heterocycles. The molecule has 1 aliphatic rings. The number of oxime groups is 1. The van der Waals surface area contributed by atoms with Crippen LogP contribution in [0.3, 0.4) is 0 Å². The highest BCUT2D eigenvalue weighted by Gasteiger charge is 2.18. The first kappa shape index (κ1) is 13.6. The van der Waals surface area contributed by atoms with E-state index in [0.29, 0.717) is 24.2 Å². The molecule has 1 aromatic carbocycles. The van der Waals surface area contributed by atoms with Crippen molar-refractivity contribution in [2.24, 2.45) is 10.9 Å². The second kappa shape index (κ2) is 5.53. The van der Waals surface area contributed by atoms with E-state index in [1.165, 1.54) is 6.07 Å². The number of nitrogens with two attached hydrogens (primary N) is 1. The van der Waals surface area contributed by atoms with E-state index in [9.17, 15) is 4.39 Å². The lowest BCUT2D eigenvalue weighted by molar-refractivity contribution is 0.206. The van der Waals surface area contributed by atoms with Crippen molar-refractivity contribution in [2.45, 2.75) is 19.6 Å². The molecule has 0 saturated heterocycles. The predicted octanol–water partition coefficient (Wildman–Crippen LogP) is 1.13. The van der Waals surface area contributed by atoms with E-state index < -0.39 is 0 Å². The van der Waals surface area contributed by atoms with Crippen LogP contribution < -0.4 is 5.73 Å². The standard InChI is InChI=1S/C14H16FN5O/c15-12-7-10(14(16)18-21)1-2-11(12)8-19-5-6-20-4-3-17-13(20)9-19/h1-4,7,21H,5-6,8-9H2,(H2,16,18). The van der Waals surface area contributed by atoms with E-state index in [1.807, 2.05) is 6.20 Å². The van der Waals surface area contributed by atoms with Crippen molar-refractivity contribution in [1.82, 2.24) is 14.5 Å². The predicted molar refractivity (Wildman–Crippen MR) is 75.3 cm³/mol. The molecule has 0 spiro atoms. The molecule has 0 atom stereocenters. The normalized spacial score (nSPS) is 16.0. The number of halogens is 1. The Hall–Kier alpha value is -2.41. The molecule has 6 nitrogen and oxygen atoms in total. The first-order valence-corrected chi connectivity index (χ1v) is 6.66. The topological polar surface area (TPSA) is 79.7 Å². The maximum absolute atomic E-state index is 14.1. The van der Waals surface area contributed by atoms with Gasteiger partial charge < -0.3 is 15.5 Å². The van der Waals surface area contributed by atoms with Gasteiger partial charge in [-0.3, -0.25) is 4.90 Å². The molecule has 21 heavy (non-hydrogen) atoms. The average molecular weight is 289 g/mol. The molecule has 3 N–H and O–H groups in total. The molecule has 0 amide bonds. The minimum absolute atomic E-state index is 0.0968. The fourth-order valence-corrected chi connectivity index (χ4v) is 2.49. The minimum Gasteiger partial charge on any atom is -0.409 e. The van der Waals surface area contributed by atoms with Gasteiger partial charge in [-0.25, -0.2) is 9.37 Å². The molecule has 3 rings (SSSR count). The van der Waals surface area contributed by atoms with Crippen LogP contribution in [0, 0.1) is 5.82 Å². The lowest BCUT2D eigenvalue weighted by atomic mass is 10.1. The molecule has 0 radical (unpaired) electrons. The van der Waals surface area contributed by atoms with Crippen LogP contribution in [0.15, 0.2) is 35.7 Å². The molecule has 0 unspecified atom stereocenters. The van der Waals surface area contributed by atoms with Crippen molar-refractivity contribution in [3.05, 3.63) is 53.4 Å². The summed E-state index contributed by atoms with van der Waals surface area (Å²) in [6.07, 6.45) is 3.74. The second-order valence-electron chi connectivity index (χ2n) is 5.04. The Morgan fingerprint density at radius 1 is 1.43 bits per heavy atom. The van der Waals surface area contributed by atoms with Gasteiger partial charge in [-0.2, -0.15) is 0 Å². The second-order valence-corrected chi connectivity index (χ2v) is 5.04. The Morgan fingerprint density at radius 2 is 2.29 bits per heavy atom. The Balaban J connectivity index is 1.74. The molecule has 1 aromatic heterocycles. The number of rotatable bonds is 3. The smallest absolute Gasteiger partial charge is 0.170 e. The summed E-state index contributed by atoms with van der Waals surface area (Å²) in [4.78, 5) is 6.43. The lowest BCUT2D eigenvalue weighted by Crippen LogP contribution is -2.33. The molecule has 0 saturated carbocycles. The van der Waals surface area contributed by atoms with E-state index in [2.05, 4.69) is 19.6 Å². The molecular weight excluding hydrogens is 273 g/mol. The summed E-state index contributed by atoms with van der Waals surface area (Å²) in [5.74, 6) is 0.545. The van der Waals surface area contributed by atoms with Crippen molar-refractivity contribution in [2.75, 3.05) is 6.54 Å². The Labute approximate surface area is 121 Å². The largest absolute Gasteiger partial charge is 0.409 e. The summed E-state index contributed by atoms with van der Waals surface area (Å²) < 4.78 is 16.2. The van der Waals surface area contributed by atoms with Crippen molar-refractivity contribution >= 4 is 5.84 Å². The highest BCUT2D eigenvalue weighted by atomic mass is 19.1. The fraction of sp³-hybridized carbons (Fsp3) is 0.286. The van der Waals surface area contributed by atoms with E-state index in [0.717, 1.165) is 18.9 Å². The summed E-state index contributed by atoms with van der Waals surface area (Å²) in [6.45, 7) is 2.92. The van der Waals surface area contributed by atoms with Gasteiger partial charge in [0.1, 0.15) is 11.6 Å². The molecule has 7 heteroatoms. The third-order valence-electron chi connectivity index (χ3n) is 3.67. The van der Waals surface area contributed by atoms with Crippen molar-refractivity contribution in [1.29, 1.82) is 0 Å². The molecule has 0 fully saturated rings. The fourth-order valence-electron chi connectivity index (χ4n) is 2.49. The van der Waals surface area contributed by atoms with E-state index >= 15 is 0 Å². The number of hydrogen-bond donors (Lipinski definition) is 2. The van der Waals surface area contributed by atoms with E-state index in [4.69, 9.17) is 10.9 Å². The van der Waals surface area contributed by atoms with Gasteiger partial charge in [0, 0.05) is 43.2 Å². The monoisotopic (exact) mass is 289 g/mol. The zero-order valence-electron chi connectivity index (χ0n) is 11.4. The highest BCUT2D eigenvalue weighted by molar-refractivity contribution is 5.97. The molecule has 1 aliphatic heterocycles. The third kappa shape index (κ3) is 2.73. The van der Waals surface area contributed by atoms with Crippen LogP contribution in [0.25, 0.3) is 0 Å². The summed E-state index contributed by atoms with van der Waals surface area (Å²) in [6, 6.07) is 4.61. The van der Waals surface area contributed by atoms with Gasteiger partial charge in [-0.1, -0.05) is 17.3 Å². The maximum atomic E-state index is 14.1. The number of nitrogens with zero attached hydrogens (tertiary/aromatic N) is 4. The minimum atomic E-state index is -0.354. The zero-order chi connectivity index (χ0) is 14.8. The molecule has 0 aliphatic carbocycles. The van der Waals surface area contributed by atoms with Gasteiger partial charge in [0.05, 0.1) is 6.54 Å². The number of imidazole rings is 1. The highest BCUT2D eigenvalue weighted by Crippen LogP contribution is 2.17. The summed E-state index contributed by atoms with van der Waals surface area (Å²) >= 11 is 0. The Bertz CT molecular complexity index is 682. The summed E-state index contributed by atoms with van der Waals surface area (Å²) in [5.41, 5.74) is 6.41. The number of aromatic nitrogens is 2. The van der Waals surface area contributed by atoms with Gasteiger partial charge in [-0.05, 0) is 6.07 Å². The van der Waals surface area contributed by atoms with Crippen molar-refractivity contribution < 1.29 is 9.60 Å². The van der Waals surface area contributed by atoms with Gasteiger partial charge >= 0.3 is 0 Å². The van der Waals surface area contributed by atoms with Gasteiger partial charge in [0.25, 0.3) is 0 Å². The van der Waals surface area contributed by atoms with Crippen molar-refractivity contribution in [3.8, 4) is 0 Å². The Kier molecular flexibility index (Phi) is 3.57. The van der Waals surface area contributed by atoms with Gasteiger partial charge in [-0.15, -0.1) is 0 Å². The van der Waals surface area contributed by atoms with Crippen LogP contribution in [0.4, 0.5) is 4.39 Å². The maximum Gasteiger partial charge on any atom is 0.170 e. The Morgan fingerprint density at radius 3 is 3.05 bits per heavy atom. The summed E-state index contributed by atoms with van der Waals surface area (Å²) in [5, 5.41) is 11.5. The first-order valence-electron chi connectivity index (χ1n) is 6.66. The molecule has 110 valence electrons. The lowest BCUT2D eigenvalue weighted by Gasteiger charge is -2.27. The van der Waals surface area contributed by atoms with Gasteiger partial charge in [0.2, 0.25) is 0 Å². The third-order valence-corrected chi connectivity index (χ3v) is 3.67. The molecule has 0 bridgehead atoms. The molecular formula is C14H16FN5O. The van der Waals surface area contributed by atoms with Crippen LogP contribution in [-0.2, 0) is 19.6 Å². The average Bonchev–Trinajstić information content (AvgIpc) is 2.96. The quantitative estimate of drug-likeness (QED) is 0.384. The van der Waals surface area contributed by atoms with Crippen LogP contribution in [0.1, 0.15) is 17.0 Å². The van der Waals surface area contributed by atoms with Crippen LogP contribution in [0.2, 0.25) is 0 Å². The zero-order valence-corrected chi connectivity index (χ0v) is 11.4. The first-order chi connectivity index (χ1) is 10.2. The van der Waals surface area contributed by atoms with E-state index in [1.54, 1.807) is 18.3 Å². The van der Waals surface area contributed by atoms with Crippen LogP contribution in [0.5, 0.6) is 0 Å². The number of fused-ring (bicyclic) bond motifs is 1. The molecule has 2 aromatic rings. The van der Waals surface area contributed by atoms with Gasteiger partial charge in [0.15, 0.2) is 5.84 Å². The van der Waals surface area contributed by atoms with Crippen molar-refractivity contribution in [3.63, 3.8) is 0 Å². The number of amidine groups is 1. The van der Waals surface area contributed by atoms with E-state index in [-0.39, 0.29) is 11.7 Å². The SMILES string of the molecule is NC(=NO)c1ccc(CN2CCn3ccnc3C2)c(F)c1. The van der Waals surface area contributed by atoms with Crippen LogP contribution >= 0.6 is 0 Å².